The van der Waals surface area contributed by atoms with E-state index in [4.69, 9.17) is 11.6 Å². The van der Waals surface area contributed by atoms with E-state index in [0.717, 1.165) is 17.2 Å². The lowest BCUT2D eigenvalue weighted by atomic mass is 10.1. The van der Waals surface area contributed by atoms with E-state index in [0.29, 0.717) is 16.9 Å². The molecule has 3 aromatic rings. The lowest BCUT2D eigenvalue weighted by Gasteiger charge is -2.26. The zero-order valence-corrected chi connectivity index (χ0v) is 15.7. The predicted octanol–water partition coefficient (Wildman–Crippen LogP) is 2.06. The zero-order valence-electron chi connectivity index (χ0n) is 14.1. The summed E-state index contributed by atoms with van der Waals surface area (Å²) in [6.07, 6.45) is 1.11. The van der Waals surface area contributed by atoms with Crippen LogP contribution in [0.4, 0.5) is 0 Å². The molecule has 134 valence electrons. The Balaban J connectivity index is 2.26. The van der Waals surface area contributed by atoms with Gasteiger partial charge < -0.3 is 9.67 Å². The van der Waals surface area contributed by atoms with Gasteiger partial charge in [0.25, 0.3) is 0 Å². The molecule has 2 N–H and O–H groups in total. The standard InChI is InChI=1S/C16H19ClN4O3S/c1-16(2,20-25(3,23)24)9-21-12(8-22)19-13-14(21)10-6-4-5-7-11(10)18-15(13)17/h4-7,20,22H,8-9H2,1-3H3. The number of pyridine rings is 1. The van der Waals surface area contributed by atoms with Crippen LogP contribution in [0.2, 0.25) is 5.15 Å². The van der Waals surface area contributed by atoms with Gasteiger partial charge in [0.1, 0.15) is 17.9 Å². The molecule has 0 aliphatic carbocycles. The number of imidazole rings is 1. The van der Waals surface area contributed by atoms with E-state index < -0.39 is 15.6 Å². The number of aliphatic hydroxyl groups excluding tert-OH is 1. The average Bonchev–Trinajstić information content (AvgIpc) is 2.83. The number of hydrogen-bond donors (Lipinski definition) is 2. The molecule has 0 radical (unpaired) electrons. The zero-order chi connectivity index (χ0) is 18.4. The molecule has 0 aliphatic rings. The van der Waals surface area contributed by atoms with Crippen LogP contribution in [0.15, 0.2) is 24.3 Å². The second kappa shape index (κ2) is 6.21. The van der Waals surface area contributed by atoms with Gasteiger partial charge in [0.2, 0.25) is 10.0 Å². The molecule has 0 unspecified atom stereocenters. The van der Waals surface area contributed by atoms with Gasteiger partial charge in [-0.15, -0.1) is 0 Å². The number of sulfonamides is 1. The molecule has 0 fully saturated rings. The first-order valence-electron chi connectivity index (χ1n) is 7.64. The highest BCUT2D eigenvalue weighted by atomic mass is 35.5. The molecule has 0 saturated carbocycles. The Hall–Kier alpha value is -1.74. The summed E-state index contributed by atoms with van der Waals surface area (Å²) in [6, 6.07) is 7.49. The monoisotopic (exact) mass is 382 g/mol. The average molecular weight is 383 g/mol. The minimum atomic E-state index is -3.39. The van der Waals surface area contributed by atoms with E-state index >= 15 is 0 Å². The number of nitrogens with one attached hydrogen (secondary N) is 1. The van der Waals surface area contributed by atoms with E-state index in [1.165, 1.54) is 0 Å². The van der Waals surface area contributed by atoms with E-state index in [9.17, 15) is 13.5 Å². The summed E-state index contributed by atoms with van der Waals surface area (Å²) >= 11 is 6.28. The van der Waals surface area contributed by atoms with Crippen molar-refractivity contribution in [2.24, 2.45) is 0 Å². The maximum Gasteiger partial charge on any atom is 0.209 e. The van der Waals surface area contributed by atoms with Crippen LogP contribution in [0, 0.1) is 0 Å². The first-order chi connectivity index (χ1) is 11.6. The molecule has 0 spiro atoms. The second-order valence-corrected chi connectivity index (χ2v) is 8.75. The minimum absolute atomic E-state index is 0.246. The summed E-state index contributed by atoms with van der Waals surface area (Å²) in [7, 11) is -3.39. The molecule has 0 bridgehead atoms. The van der Waals surface area contributed by atoms with Crippen molar-refractivity contribution in [1.29, 1.82) is 0 Å². The molecule has 0 amide bonds. The van der Waals surface area contributed by atoms with Crippen molar-refractivity contribution in [3.8, 4) is 0 Å². The van der Waals surface area contributed by atoms with E-state index in [1.54, 1.807) is 18.4 Å². The molecule has 1 aromatic carbocycles. The van der Waals surface area contributed by atoms with Gasteiger partial charge in [0, 0.05) is 17.5 Å². The van der Waals surface area contributed by atoms with Crippen LogP contribution in [-0.4, -0.2) is 39.9 Å². The Labute approximate surface area is 150 Å². The summed E-state index contributed by atoms with van der Waals surface area (Å²) < 4.78 is 27.7. The van der Waals surface area contributed by atoms with Gasteiger partial charge >= 0.3 is 0 Å². The number of aliphatic hydroxyl groups is 1. The SMILES string of the molecule is CC(C)(Cn1c(CO)nc2c(Cl)nc3ccccc3c21)NS(C)(=O)=O. The van der Waals surface area contributed by atoms with E-state index in [2.05, 4.69) is 14.7 Å². The topological polar surface area (TPSA) is 97.1 Å². The summed E-state index contributed by atoms with van der Waals surface area (Å²) in [5.74, 6) is 0.401. The number of benzene rings is 1. The number of aromatic nitrogens is 3. The molecule has 0 saturated heterocycles. The van der Waals surface area contributed by atoms with Gasteiger partial charge in [-0.2, -0.15) is 0 Å². The number of nitrogens with zero attached hydrogens (tertiary/aromatic N) is 3. The normalized spacial score (nSPS) is 13.0. The Morgan fingerprint density at radius 2 is 1.96 bits per heavy atom. The quantitative estimate of drug-likeness (QED) is 0.658. The van der Waals surface area contributed by atoms with Crippen molar-refractivity contribution in [2.75, 3.05) is 6.26 Å². The highest BCUT2D eigenvalue weighted by Gasteiger charge is 2.26. The van der Waals surface area contributed by atoms with Gasteiger partial charge in [-0.25, -0.2) is 23.1 Å². The van der Waals surface area contributed by atoms with Crippen LogP contribution in [0.1, 0.15) is 19.7 Å². The number of para-hydroxylation sites is 1. The molecular formula is C16H19ClN4O3S. The molecule has 7 nitrogen and oxygen atoms in total. The Morgan fingerprint density at radius 3 is 2.60 bits per heavy atom. The van der Waals surface area contributed by atoms with Crippen molar-refractivity contribution in [2.45, 2.75) is 32.5 Å². The van der Waals surface area contributed by atoms with Crippen molar-refractivity contribution >= 4 is 43.6 Å². The summed E-state index contributed by atoms with van der Waals surface area (Å²) in [5.41, 5.74) is 1.13. The molecular weight excluding hydrogens is 364 g/mol. The maximum absolute atomic E-state index is 11.6. The molecule has 9 heteroatoms. The molecule has 25 heavy (non-hydrogen) atoms. The third-order valence-corrected chi connectivity index (χ3v) is 4.96. The van der Waals surface area contributed by atoms with Crippen molar-refractivity contribution in [3.05, 3.63) is 35.2 Å². The lowest BCUT2D eigenvalue weighted by molar-refractivity contribution is 0.260. The van der Waals surface area contributed by atoms with Gasteiger partial charge in [0.15, 0.2) is 5.15 Å². The van der Waals surface area contributed by atoms with Crippen LogP contribution in [0.25, 0.3) is 21.9 Å². The Bertz CT molecular complexity index is 1060. The largest absolute Gasteiger partial charge is 0.388 e. The smallest absolute Gasteiger partial charge is 0.209 e. The van der Waals surface area contributed by atoms with Crippen LogP contribution >= 0.6 is 11.6 Å². The number of fused-ring (bicyclic) bond motifs is 3. The van der Waals surface area contributed by atoms with Crippen LogP contribution in [0.5, 0.6) is 0 Å². The highest BCUT2D eigenvalue weighted by molar-refractivity contribution is 7.88. The van der Waals surface area contributed by atoms with Gasteiger partial charge in [-0.05, 0) is 19.9 Å². The fourth-order valence-corrected chi connectivity index (χ4v) is 4.36. The fourth-order valence-electron chi connectivity index (χ4n) is 3.07. The summed E-state index contributed by atoms with van der Waals surface area (Å²) in [5, 5.41) is 10.8. The van der Waals surface area contributed by atoms with Crippen molar-refractivity contribution < 1.29 is 13.5 Å². The summed E-state index contributed by atoms with van der Waals surface area (Å²) in [4.78, 5) is 8.75. The third-order valence-electron chi connectivity index (χ3n) is 3.78. The van der Waals surface area contributed by atoms with Gasteiger partial charge in [-0.3, -0.25) is 0 Å². The second-order valence-electron chi connectivity index (χ2n) is 6.65. The number of halogens is 1. The Kier molecular flexibility index (Phi) is 4.48. The van der Waals surface area contributed by atoms with Gasteiger partial charge in [0.05, 0.1) is 17.3 Å². The van der Waals surface area contributed by atoms with Crippen molar-refractivity contribution in [3.63, 3.8) is 0 Å². The van der Waals surface area contributed by atoms with E-state index in [-0.39, 0.29) is 18.3 Å². The Morgan fingerprint density at radius 1 is 1.28 bits per heavy atom. The summed E-state index contributed by atoms with van der Waals surface area (Å²) in [6.45, 7) is 3.52. The molecule has 2 aromatic heterocycles. The third kappa shape index (κ3) is 3.62. The lowest BCUT2D eigenvalue weighted by Crippen LogP contribution is -2.46. The van der Waals surface area contributed by atoms with Crippen LogP contribution in [-0.2, 0) is 23.2 Å². The first kappa shape index (κ1) is 18.1. The maximum atomic E-state index is 11.6. The number of rotatable bonds is 5. The first-order valence-corrected chi connectivity index (χ1v) is 9.91. The fraction of sp³-hybridized carbons (Fsp3) is 0.375. The molecule has 0 aliphatic heterocycles. The molecule has 3 rings (SSSR count). The highest BCUT2D eigenvalue weighted by Crippen LogP contribution is 2.31. The predicted molar refractivity (Wildman–Crippen MR) is 98.0 cm³/mol. The minimum Gasteiger partial charge on any atom is -0.388 e. The van der Waals surface area contributed by atoms with E-state index in [1.807, 2.05) is 24.3 Å². The van der Waals surface area contributed by atoms with Crippen LogP contribution < -0.4 is 4.72 Å². The van der Waals surface area contributed by atoms with Crippen LogP contribution in [0.3, 0.4) is 0 Å². The van der Waals surface area contributed by atoms with Gasteiger partial charge in [-0.1, -0.05) is 29.8 Å². The molecule has 0 atom stereocenters. The van der Waals surface area contributed by atoms with Crippen molar-refractivity contribution in [1.82, 2.24) is 19.3 Å². The number of hydrogen-bond acceptors (Lipinski definition) is 5. The molecule has 2 heterocycles.